The Morgan fingerprint density at radius 2 is 0.600 bits per heavy atom. The Hall–Kier alpha value is 0.537. The van der Waals surface area contributed by atoms with Gasteiger partial charge in [-0.1, -0.05) is 0 Å². The van der Waals surface area contributed by atoms with E-state index in [-0.39, 0.29) is 11.9 Å². The predicted molar refractivity (Wildman–Crippen MR) is 202 cm³/mol. The molecule has 0 amide bonds. The van der Waals surface area contributed by atoms with Crippen LogP contribution >= 0.6 is 0 Å². The van der Waals surface area contributed by atoms with E-state index in [4.69, 9.17) is 6.15 Å². The standard InChI is InChI=1S/4C8H17.C7H12O4.2Sn.2H/c4*1-3-5-7-8-6-4-2;1-3-7(4-2,5(8)9)6(10)11;;;;/h4*1,3-8H2,2H3;3-4H2,1-2H3,(H,8,9)(H,10,11);;;;/q;;;;;2*+1;;/p-2. The van der Waals surface area contributed by atoms with Gasteiger partial charge in [-0.2, -0.15) is 0 Å². The van der Waals surface area contributed by atoms with Gasteiger partial charge >= 0.3 is 300 Å². The van der Waals surface area contributed by atoms with Gasteiger partial charge in [0.25, 0.3) is 0 Å². The van der Waals surface area contributed by atoms with Crippen LogP contribution in [-0.2, 0) is 15.7 Å². The molecular formula is C39H80O4Sn2. The molecule has 0 aromatic heterocycles. The Kier molecular flexibility index (Phi) is 33.4. The normalized spacial score (nSPS) is 11.9. The van der Waals surface area contributed by atoms with Gasteiger partial charge in [0, 0.05) is 0 Å². The third-order valence-corrected chi connectivity index (χ3v) is 25.2. The van der Waals surface area contributed by atoms with Gasteiger partial charge < -0.3 is 0 Å². The Morgan fingerprint density at radius 3 is 0.822 bits per heavy atom. The minimum atomic E-state index is -2.56. The molecule has 0 aliphatic rings. The third kappa shape index (κ3) is 23.5. The summed E-state index contributed by atoms with van der Waals surface area (Å²) in [5.74, 6) is -0.418. The molecule has 0 aliphatic carbocycles. The maximum absolute atomic E-state index is 14.0. The number of rotatable bonds is 34. The van der Waals surface area contributed by atoms with E-state index in [1.165, 1.54) is 154 Å². The van der Waals surface area contributed by atoms with Crippen molar-refractivity contribution in [2.75, 3.05) is 0 Å². The molecule has 45 heavy (non-hydrogen) atoms. The van der Waals surface area contributed by atoms with Gasteiger partial charge in [0.05, 0.1) is 0 Å². The molecule has 0 heterocycles. The predicted octanol–water partition coefficient (Wildman–Crippen LogP) is 12.8. The van der Waals surface area contributed by atoms with Crippen LogP contribution < -0.4 is 0 Å². The summed E-state index contributed by atoms with van der Waals surface area (Å²) >= 11 is -5.12. The summed E-state index contributed by atoms with van der Waals surface area (Å²) < 4.78 is 17.6. The molecule has 0 N–H and O–H groups in total. The van der Waals surface area contributed by atoms with Crippen LogP contribution in [0, 0.1) is 5.41 Å². The van der Waals surface area contributed by atoms with Crippen LogP contribution in [-0.4, -0.2) is 52.3 Å². The van der Waals surface area contributed by atoms with E-state index in [0.29, 0.717) is 12.8 Å². The molecule has 0 saturated carbocycles. The molecule has 0 unspecified atom stereocenters. The molecular weight excluding hydrogens is 770 g/mol. The fourth-order valence-corrected chi connectivity index (χ4v) is 21.1. The summed E-state index contributed by atoms with van der Waals surface area (Å²) in [6.07, 6.45) is 31.6. The Labute approximate surface area is 297 Å². The molecule has 0 aliphatic heterocycles. The van der Waals surface area contributed by atoms with Gasteiger partial charge in [-0.05, 0) is 0 Å². The molecule has 0 saturated heterocycles. The molecule has 0 spiro atoms. The average Bonchev–Trinajstić information content (AvgIpc) is 3.04. The molecule has 0 rings (SSSR count). The second-order valence-electron chi connectivity index (χ2n) is 14.1. The van der Waals surface area contributed by atoms with Crippen LogP contribution in [0.3, 0.4) is 0 Å². The molecule has 4 nitrogen and oxygen atoms in total. The molecule has 6 heteroatoms. The van der Waals surface area contributed by atoms with Crippen molar-refractivity contribution in [2.24, 2.45) is 5.41 Å². The van der Waals surface area contributed by atoms with E-state index in [1.807, 2.05) is 13.8 Å². The van der Waals surface area contributed by atoms with Crippen molar-refractivity contribution < 1.29 is 15.7 Å². The summed E-state index contributed by atoms with van der Waals surface area (Å²) in [4.78, 5) is 28.0. The van der Waals surface area contributed by atoms with Crippen LogP contribution in [0.4, 0.5) is 0 Å². The van der Waals surface area contributed by atoms with Crippen molar-refractivity contribution in [3.8, 4) is 0 Å². The van der Waals surface area contributed by atoms with Gasteiger partial charge in [-0.3, -0.25) is 0 Å². The summed E-state index contributed by atoms with van der Waals surface area (Å²) in [7, 11) is 0. The van der Waals surface area contributed by atoms with Gasteiger partial charge in [0.15, 0.2) is 0 Å². The van der Waals surface area contributed by atoms with Crippen molar-refractivity contribution in [3.63, 3.8) is 0 Å². The summed E-state index contributed by atoms with van der Waals surface area (Å²) in [6, 6.07) is 0. The van der Waals surface area contributed by atoms with Crippen LogP contribution in [0.2, 0.25) is 17.7 Å². The zero-order valence-electron chi connectivity index (χ0n) is 31.5. The van der Waals surface area contributed by atoms with Gasteiger partial charge in [0.1, 0.15) is 0 Å². The number of carbonyl (C=O) groups excluding carboxylic acids is 2. The Balaban J connectivity index is 5.37. The first-order chi connectivity index (χ1) is 21.9. The first kappa shape index (κ1) is 45.5. The maximum atomic E-state index is 14.0. The minimum absolute atomic E-state index is 0.209. The van der Waals surface area contributed by atoms with E-state index >= 15 is 0 Å². The van der Waals surface area contributed by atoms with Gasteiger partial charge in [-0.15, -0.1) is 0 Å². The molecule has 0 aromatic rings. The van der Waals surface area contributed by atoms with Crippen LogP contribution in [0.5, 0.6) is 0 Å². The van der Waals surface area contributed by atoms with Gasteiger partial charge in [0.2, 0.25) is 0 Å². The quantitative estimate of drug-likeness (QED) is 0.0368. The SMILES string of the molecule is CCCCCCC[CH2][SnH]([CH2]CCCCCCC)[O]C(=O)C(CC)(CC)C(=O)[O][SnH]([CH2]CCCCCCC)[CH2]CCCCCCC. The second kappa shape index (κ2) is 33.1. The molecule has 0 aromatic carbocycles. The van der Waals surface area contributed by atoms with E-state index in [0.717, 1.165) is 17.7 Å². The Morgan fingerprint density at radius 1 is 0.378 bits per heavy atom. The summed E-state index contributed by atoms with van der Waals surface area (Å²) in [5.41, 5.74) is -1.09. The van der Waals surface area contributed by atoms with Crippen molar-refractivity contribution >= 4 is 52.3 Å². The van der Waals surface area contributed by atoms with E-state index in [9.17, 15) is 9.59 Å². The van der Waals surface area contributed by atoms with Crippen molar-refractivity contribution in [1.29, 1.82) is 0 Å². The second-order valence-corrected chi connectivity index (χ2v) is 29.1. The number of hydrogen-bond donors (Lipinski definition) is 0. The summed E-state index contributed by atoms with van der Waals surface area (Å²) in [6.45, 7) is 13.1. The number of carbonyl (C=O) groups is 2. The third-order valence-electron chi connectivity index (χ3n) is 10.1. The summed E-state index contributed by atoms with van der Waals surface area (Å²) in [5, 5.41) is 0. The number of hydrogen-bond acceptors (Lipinski definition) is 4. The zero-order chi connectivity index (χ0) is 33.4. The zero-order valence-corrected chi connectivity index (χ0v) is 38.1. The number of unbranched alkanes of at least 4 members (excludes halogenated alkanes) is 20. The van der Waals surface area contributed by atoms with E-state index in [2.05, 4.69) is 27.7 Å². The Bertz CT molecular complexity index is 583. The first-order valence-electron chi connectivity index (χ1n) is 20.4. The van der Waals surface area contributed by atoms with E-state index < -0.39 is 45.8 Å². The van der Waals surface area contributed by atoms with Crippen molar-refractivity contribution in [3.05, 3.63) is 0 Å². The van der Waals surface area contributed by atoms with Crippen molar-refractivity contribution in [2.45, 2.75) is 226 Å². The molecule has 268 valence electrons. The molecule has 0 radical (unpaired) electrons. The van der Waals surface area contributed by atoms with Crippen LogP contribution in [0.1, 0.15) is 208 Å². The molecule has 0 fully saturated rings. The van der Waals surface area contributed by atoms with Crippen molar-refractivity contribution in [1.82, 2.24) is 0 Å². The molecule has 0 atom stereocenters. The van der Waals surface area contributed by atoms with Crippen LogP contribution in [0.15, 0.2) is 0 Å². The van der Waals surface area contributed by atoms with Gasteiger partial charge in [-0.25, -0.2) is 0 Å². The fourth-order valence-electron chi connectivity index (χ4n) is 6.57. The molecule has 0 bridgehead atoms. The topological polar surface area (TPSA) is 52.6 Å². The monoisotopic (exact) mass is 852 g/mol. The first-order valence-corrected chi connectivity index (χ1v) is 32.4. The fraction of sp³-hybridized carbons (Fsp3) is 0.949. The van der Waals surface area contributed by atoms with E-state index in [1.54, 1.807) is 0 Å². The average molecular weight is 850 g/mol. The van der Waals surface area contributed by atoms with Crippen LogP contribution in [0.25, 0.3) is 0 Å².